The third-order valence-corrected chi connectivity index (χ3v) is 13.5. The largest absolute Gasteiger partial charge is 0.310 e. The summed E-state index contributed by atoms with van der Waals surface area (Å²) in [6.07, 6.45) is 0. The summed E-state index contributed by atoms with van der Waals surface area (Å²) < 4.78 is 4.71. The van der Waals surface area contributed by atoms with Gasteiger partial charge in [-0.25, -0.2) is 15.0 Å². The van der Waals surface area contributed by atoms with E-state index in [0.29, 0.717) is 5.82 Å². The molecule has 0 unspecified atom stereocenters. The molecular weight excluding hydrogens is 823 g/mol. The molecule has 0 fully saturated rings. The average Bonchev–Trinajstić information content (AvgIpc) is 3.97. The van der Waals surface area contributed by atoms with Crippen LogP contribution in [0.2, 0.25) is 0 Å². The van der Waals surface area contributed by atoms with Crippen LogP contribution in [0.15, 0.2) is 231 Å². The highest BCUT2D eigenvalue weighted by atomic mass is 32.1. The normalized spacial score (nSPS) is 11.4. The van der Waals surface area contributed by atoms with Gasteiger partial charge in [0.05, 0.1) is 22.4 Å². The van der Waals surface area contributed by atoms with E-state index >= 15 is 0 Å². The maximum Gasteiger partial charge on any atom is 0.161 e. The van der Waals surface area contributed by atoms with Crippen molar-refractivity contribution in [3.05, 3.63) is 236 Å². The third kappa shape index (κ3) is 7.10. The summed E-state index contributed by atoms with van der Waals surface area (Å²) in [7, 11) is 0. The maximum atomic E-state index is 5.33. The van der Waals surface area contributed by atoms with Crippen molar-refractivity contribution in [2.45, 2.75) is 6.92 Å². The number of hydrogen-bond donors (Lipinski definition) is 0. The van der Waals surface area contributed by atoms with Gasteiger partial charge in [-0.1, -0.05) is 158 Å². The van der Waals surface area contributed by atoms with E-state index in [1.807, 2.05) is 29.5 Å². The topological polar surface area (TPSA) is 46.8 Å². The molecule has 312 valence electrons. The highest BCUT2D eigenvalue weighted by Gasteiger charge is 2.21. The number of imidazole rings is 1. The van der Waals surface area contributed by atoms with Gasteiger partial charge < -0.3 is 4.90 Å². The molecule has 0 aliphatic carbocycles. The van der Waals surface area contributed by atoms with Crippen molar-refractivity contribution in [3.63, 3.8) is 0 Å². The molecule has 0 radical (unpaired) electrons. The van der Waals surface area contributed by atoms with Gasteiger partial charge in [0.2, 0.25) is 0 Å². The second-order valence-corrected chi connectivity index (χ2v) is 17.6. The molecule has 3 heterocycles. The van der Waals surface area contributed by atoms with Crippen LogP contribution in [0.4, 0.5) is 17.1 Å². The molecule has 0 aliphatic heterocycles. The van der Waals surface area contributed by atoms with Gasteiger partial charge in [0.15, 0.2) is 5.82 Å². The van der Waals surface area contributed by atoms with Gasteiger partial charge in [0.25, 0.3) is 0 Å². The second-order valence-electron chi connectivity index (χ2n) is 16.5. The predicted molar refractivity (Wildman–Crippen MR) is 276 cm³/mol. The SMILES string of the molecule is Cc1ccccc1N(c1ccc(-c2cc(-c3nc(-c4ccccc4)cc(-c4ccccc4)n3)c3c(c2)sc2ccccc23)cc1)c1cccc(-n2c(-c3ccccc3)nc3ccccc32)c1. The summed E-state index contributed by atoms with van der Waals surface area (Å²) in [6, 6.07) is 81.4. The molecule has 0 N–H and O–H groups in total. The number of anilines is 3. The fraction of sp³-hybridized carbons (Fsp3) is 0.0167. The first-order valence-electron chi connectivity index (χ1n) is 22.2. The highest BCUT2D eigenvalue weighted by molar-refractivity contribution is 7.26. The van der Waals surface area contributed by atoms with Crippen molar-refractivity contribution >= 4 is 59.6 Å². The first-order valence-corrected chi connectivity index (χ1v) is 23.0. The van der Waals surface area contributed by atoms with Crippen molar-refractivity contribution in [2.75, 3.05) is 4.90 Å². The fourth-order valence-corrected chi connectivity index (χ4v) is 10.3. The van der Waals surface area contributed by atoms with E-state index in [0.717, 1.165) is 84.4 Å². The molecule has 0 saturated heterocycles. The van der Waals surface area contributed by atoms with E-state index in [1.54, 1.807) is 0 Å². The molecule has 0 aliphatic rings. The van der Waals surface area contributed by atoms with Crippen LogP contribution in [-0.4, -0.2) is 19.5 Å². The highest BCUT2D eigenvalue weighted by Crippen LogP contribution is 2.44. The number of rotatable bonds is 9. The van der Waals surface area contributed by atoms with Crippen molar-refractivity contribution < 1.29 is 0 Å². The Morgan fingerprint density at radius 2 is 1.08 bits per heavy atom. The number of para-hydroxylation sites is 3. The van der Waals surface area contributed by atoms with E-state index in [9.17, 15) is 0 Å². The van der Waals surface area contributed by atoms with Crippen LogP contribution in [0.5, 0.6) is 0 Å². The van der Waals surface area contributed by atoms with Crippen LogP contribution in [0.25, 0.3) is 93.3 Å². The Labute approximate surface area is 387 Å². The zero-order chi connectivity index (χ0) is 44.0. The lowest BCUT2D eigenvalue weighted by atomic mass is 9.97. The molecule has 66 heavy (non-hydrogen) atoms. The molecule has 6 heteroatoms. The average molecular weight is 864 g/mol. The Balaban J connectivity index is 0.999. The molecule has 3 aromatic heterocycles. The van der Waals surface area contributed by atoms with Crippen molar-refractivity contribution in [2.24, 2.45) is 0 Å². The minimum atomic E-state index is 0.703. The Bertz CT molecular complexity index is 3650. The first-order chi connectivity index (χ1) is 32.6. The quantitative estimate of drug-likeness (QED) is 0.145. The predicted octanol–water partition coefficient (Wildman–Crippen LogP) is 16.3. The molecular formula is C60H41N5S. The zero-order valence-corrected chi connectivity index (χ0v) is 36.9. The molecule has 0 atom stereocenters. The molecule has 5 nitrogen and oxygen atoms in total. The first kappa shape index (κ1) is 39.2. The summed E-state index contributed by atoms with van der Waals surface area (Å²) in [5, 5.41) is 2.38. The number of benzene rings is 9. The Kier molecular flexibility index (Phi) is 9.85. The van der Waals surface area contributed by atoms with Crippen molar-refractivity contribution in [1.82, 2.24) is 19.5 Å². The van der Waals surface area contributed by atoms with E-state index in [4.69, 9.17) is 15.0 Å². The second kappa shape index (κ2) is 16.6. The minimum Gasteiger partial charge on any atom is -0.310 e. The van der Waals surface area contributed by atoms with Gasteiger partial charge in [0.1, 0.15) is 5.82 Å². The van der Waals surface area contributed by atoms with E-state index in [-0.39, 0.29) is 0 Å². The van der Waals surface area contributed by atoms with Crippen molar-refractivity contribution in [1.29, 1.82) is 0 Å². The monoisotopic (exact) mass is 863 g/mol. The van der Waals surface area contributed by atoms with Crippen molar-refractivity contribution in [3.8, 4) is 62.1 Å². The molecule has 9 aromatic carbocycles. The molecule has 0 saturated carbocycles. The van der Waals surface area contributed by atoms with Crippen LogP contribution in [0.3, 0.4) is 0 Å². The summed E-state index contributed by atoms with van der Waals surface area (Å²) in [5.41, 5.74) is 15.6. The maximum absolute atomic E-state index is 5.33. The number of aryl methyl sites for hydroxylation is 1. The number of fused-ring (bicyclic) bond motifs is 4. The van der Waals surface area contributed by atoms with E-state index < -0.39 is 0 Å². The van der Waals surface area contributed by atoms with E-state index in [2.05, 4.69) is 229 Å². The Morgan fingerprint density at radius 3 is 1.80 bits per heavy atom. The van der Waals surface area contributed by atoms with Gasteiger partial charge in [0, 0.05) is 65.2 Å². The molecule has 0 bridgehead atoms. The molecule has 0 amide bonds. The molecule has 0 spiro atoms. The van der Waals surface area contributed by atoms with Crippen LogP contribution in [-0.2, 0) is 0 Å². The third-order valence-electron chi connectivity index (χ3n) is 12.3. The zero-order valence-electron chi connectivity index (χ0n) is 36.1. The smallest absolute Gasteiger partial charge is 0.161 e. The lowest BCUT2D eigenvalue weighted by Gasteiger charge is -2.28. The summed E-state index contributed by atoms with van der Waals surface area (Å²) in [4.78, 5) is 18.2. The summed E-state index contributed by atoms with van der Waals surface area (Å²) in [5.74, 6) is 1.61. The van der Waals surface area contributed by atoms with Gasteiger partial charge in [-0.3, -0.25) is 4.57 Å². The van der Waals surface area contributed by atoms with Crippen LogP contribution in [0, 0.1) is 6.92 Å². The van der Waals surface area contributed by atoms with Gasteiger partial charge in [-0.2, -0.15) is 0 Å². The lowest BCUT2D eigenvalue weighted by Crippen LogP contribution is -2.12. The number of nitrogens with zero attached hydrogens (tertiary/aromatic N) is 5. The number of thiophene rings is 1. The van der Waals surface area contributed by atoms with E-state index in [1.165, 1.54) is 25.7 Å². The molecule has 12 rings (SSSR count). The fourth-order valence-electron chi connectivity index (χ4n) is 9.16. The van der Waals surface area contributed by atoms with Gasteiger partial charge in [-0.05, 0) is 96.4 Å². The summed E-state index contributed by atoms with van der Waals surface area (Å²) >= 11 is 1.81. The Hall–Kier alpha value is -8.45. The minimum absolute atomic E-state index is 0.703. The van der Waals surface area contributed by atoms with Gasteiger partial charge >= 0.3 is 0 Å². The van der Waals surface area contributed by atoms with Crippen LogP contribution < -0.4 is 4.90 Å². The van der Waals surface area contributed by atoms with Crippen LogP contribution >= 0.6 is 11.3 Å². The number of hydrogen-bond acceptors (Lipinski definition) is 5. The molecule has 12 aromatic rings. The lowest BCUT2D eigenvalue weighted by molar-refractivity contribution is 1.10. The van der Waals surface area contributed by atoms with Crippen LogP contribution in [0.1, 0.15) is 5.56 Å². The standard InChI is InChI=1S/C60H41N5S/c1-40-18-11-14-29-54(40)64(47-25-17-26-48(38-47)65-55-30-15-13-28-51(55)63-60(65)44-23-9-4-10-24-44)46-34-32-41(33-35-46)45-36-50(58-49-27-12-16-31-56(49)66-57(58)37-45)59-61-52(42-19-5-2-6-20-42)39-53(62-59)43-21-7-3-8-22-43/h2-39H,1H3. The van der Waals surface area contributed by atoms with Gasteiger partial charge in [-0.15, -0.1) is 11.3 Å². The number of aromatic nitrogens is 4. The summed E-state index contributed by atoms with van der Waals surface area (Å²) in [6.45, 7) is 2.18. The Morgan fingerprint density at radius 1 is 0.439 bits per heavy atom.